The van der Waals surface area contributed by atoms with E-state index in [1.165, 1.54) is 6.07 Å². The Morgan fingerprint density at radius 3 is 2.90 bits per heavy atom. The maximum absolute atomic E-state index is 13.4. The molecule has 2 atom stereocenters. The van der Waals surface area contributed by atoms with Gasteiger partial charge < -0.3 is 14.4 Å². The first kappa shape index (κ1) is 14.7. The highest BCUT2D eigenvalue weighted by Gasteiger charge is 2.27. The Hall–Kier alpha value is -1.69. The number of hydrogen-bond donors (Lipinski definition) is 0. The van der Waals surface area contributed by atoms with Gasteiger partial charge in [0.15, 0.2) is 18.2 Å². The molecule has 0 radical (unpaired) electrons. The Labute approximate surface area is 116 Å². The van der Waals surface area contributed by atoms with Gasteiger partial charge >= 0.3 is 0 Å². The van der Waals surface area contributed by atoms with Gasteiger partial charge in [0, 0.05) is 12.6 Å². The molecule has 0 bridgehead atoms. The molecule has 110 valence electrons. The summed E-state index contributed by atoms with van der Waals surface area (Å²) in [5.74, 6) is -1.87. The molecule has 0 spiro atoms. The number of benzene rings is 1. The van der Waals surface area contributed by atoms with E-state index in [2.05, 4.69) is 0 Å². The van der Waals surface area contributed by atoms with Crippen LogP contribution in [0.2, 0.25) is 0 Å². The number of carbonyl (C=O) groups is 1. The van der Waals surface area contributed by atoms with Gasteiger partial charge in [-0.05, 0) is 26.0 Å². The maximum atomic E-state index is 13.4. The lowest BCUT2D eigenvalue weighted by atomic mass is 10.2. The average Bonchev–Trinajstić information content (AvgIpc) is 2.40. The summed E-state index contributed by atoms with van der Waals surface area (Å²) in [6.45, 7) is 4.43. The fourth-order valence-electron chi connectivity index (χ4n) is 2.07. The first-order chi connectivity index (χ1) is 9.47. The normalized spacial score (nSPS) is 22.7. The lowest BCUT2D eigenvalue weighted by Crippen LogP contribution is -2.51. The standard InChI is InChI=1S/C14H17F2NO3/c1-9-7-19-10(2)6-17(9)14(18)8-20-13-4-3-11(15)5-12(13)16/h3-5,9-10H,6-8H2,1-2H3/t9-,10-/m1/s1. The second-order valence-corrected chi connectivity index (χ2v) is 4.90. The summed E-state index contributed by atoms with van der Waals surface area (Å²) in [6, 6.07) is 2.94. The van der Waals surface area contributed by atoms with Crippen molar-refractivity contribution < 1.29 is 23.0 Å². The maximum Gasteiger partial charge on any atom is 0.260 e. The smallest absolute Gasteiger partial charge is 0.260 e. The van der Waals surface area contributed by atoms with Crippen molar-refractivity contribution in [3.05, 3.63) is 29.8 Å². The van der Waals surface area contributed by atoms with Crippen LogP contribution in [0.15, 0.2) is 18.2 Å². The second-order valence-electron chi connectivity index (χ2n) is 4.90. The van der Waals surface area contributed by atoms with Crippen LogP contribution in [-0.4, -0.2) is 42.7 Å². The number of carbonyl (C=O) groups excluding carboxylic acids is 1. The first-order valence-corrected chi connectivity index (χ1v) is 6.46. The van der Waals surface area contributed by atoms with E-state index < -0.39 is 11.6 Å². The van der Waals surface area contributed by atoms with Crippen molar-refractivity contribution in [3.8, 4) is 5.75 Å². The quantitative estimate of drug-likeness (QED) is 0.852. The predicted octanol–water partition coefficient (Wildman–Crippen LogP) is 1.98. The van der Waals surface area contributed by atoms with Gasteiger partial charge in [-0.1, -0.05) is 0 Å². The number of rotatable bonds is 3. The van der Waals surface area contributed by atoms with Crippen LogP contribution in [-0.2, 0) is 9.53 Å². The Balaban J connectivity index is 1.94. The third kappa shape index (κ3) is 3.45. The average molecular weight is 285 g/mol. The monoisotopic (exact) mass is 285 g/mol. The van der Waals surface area contributed by atoms with E-state index in [1.54, 1.807) is 4.90 Å². The van der Waals surface area contributed by atoms with E-state index in [-0.39, 0.29) is 30.4 Å². The molecule has 1 amide bonds. The van der Waals surface area contributed by atoms with Gasteiger partial charge in [-0.2, -0.15) is 0 Å². The zero-order valence-corrected chi connectivity index (χ0v) is 11.4. The van der Waals surface area contributed by atoms with Crippen LogP contribution in [0.3, 0.4) is 0 Å². The van der Waals surface area contributed by atoms with Gasteiger partial charge in [0.25, 0.3) is 5.91 Å². The van der Waals surface area contributed by atoms with Gasteiger partial charge in [-0.25, -0.2) is 8.78 Å². The van der Waals surface area contributed by atoms with Crippen molar-refractivity contribution in [2.75, 3.05) is 19.8 Å². The largest absolute Gasteiger partial charge is 0.481 e. The van der Waals surface area contributed by atoms with E-state index >= 15 is 0 Å². The summed E-state index contributed by atoms with van der Waals surface area (Å²) in [7, 11) is 0. The van der Waals surface area contributed by atoms with Crippen LogP contribution in [0, 0.1) is 11.6 Å². The van der Waals surface area contributed by atoms with Crippen molar-refractivity contribution >= 4 is 5.91 Å². The van der Waals surface area contributed by atoms with Crippen molar-refractivity contribution in [1.82, 2.24) is 4.90 Å². The van der Waals surface area contributed by atoms with Crippen molar-refractivity contribution in [3.63, 3.8) is 0 Å². The van der Waals surface area contributed by atoms with Gasteiger partial charge in [0.1, 0.15) is 5.82 Å². The molecule has 6 heteroatoms. The summed E-state index contributed by atoms with van der Waals surface area (Å²) < 4.78 is 36.7. The summed E-state index contributed by atoms with van der Waals surface area (Å²) in [6.07, 6.45) is -0.0299. The third-order valence-electron chi connectivity index (χ3n) is 3.17. The fraction of sp³-hybridized carbons (Fsp3) is 0.500. The van der Waals surface area contributed by atoms with Crippen LogP contribution in [0.4, 0.5) is 8.78 Å². The lowest BCUT2D eigenvalue weighted by Gasteiger charge is -2.36. The minimum Gasteiger partial charge on any atom is -0.481 e. The zero-order chi connectivity index (χ0) is 14.7. The molecule has 0 aliphatic carbocycles. The van der Waals surface area contributed by atoms with Crippen molar-refractivity contribution in [2.24, 2.45) is 0 Å². The predicted molar refractivity (Wildman–Crippen MR) is 68.4 cm³/mol. The van der Waals surface area contributed by atoms with Crippen molar-refractivity contribution in [1.29, 1.82) is 0 Å². The number of nitrogens with zero attached hydrogens (tertiary/aromatic N) is 1. The zero-order valence-electron chi connectivity index (χ0n) is 11.4. The molecule has 0 unspecified atom stereocenters. The highest BCUT2D eigenvalue weighted by molar-refractivity contribution is 5.78. The molecular formula is C14H17F2NO3. The van der Waals surface area contributed by atoms with E-state index in [4.69, 9.17) is 9.47 Å². The topological polar surface area (TPSA) is 38.8 Å². The lowest BCUT2D eigenvalue weighted by molar-refractivity contribution is -0.145. The highest BCUT2D eigenvalue weighted by atomic mass is 19.1. The number of hydrogen-bond acceptors (Lipinski definition) is 3. The summed E-state index contributed by atoms with van der Waals surface area (Å²) in [5, 5.41) is 0. The molecule has 0 N–H and O–H groups in total. The molecule has 1 fully saturated rings. The SMILES string of the molecule is C[C@@H]1CN(C(=O)COc2ccc(F)cc2F)[C@H](C)CO1. The van der Waals surface area contributed by atoms with E-state index in [0.29, 0.717) is 13.2 Å². The summed E-state index contributed by atoms with van der Waals surface area (Å²) in [4.78, 5) is 13.7. The molecule has 4 nitrogen and oxygen atoms in total. The van der Waals surface area contributed by atoms with E-state index in [1.807, 2.05) is 13.8 Å². The number of halogens is 2. The Bertz CT molecular complexity index is 495. The second kappa shape index (κ2) is 6.17. The Morgan fingerprint density at radius 1 is 1.45 bits per heavy atom. The van der Waals surface area contributed by atoms with Gasteiger partial charge in [-0.15, -0.1) is 0 Å². The van der Waals surface area contributed by atoms with Gasteiger partial charge in [0.2, 0.25) is 0 Å². The van der Waals surface area contributed by atoms with Gasteiger partial charge in [-0.3, -0.25) is 4.79 Å². The number of morpholine rings is 1. The Kier molecular flexibility index (Phi) is 4.54. The fourth-order valence-corrected chi connectivity index (χ4v) is 2.07. The molecule has 2 rings (SSSR count). The van der Waals surface area contributed by atoms with Gasteiger partial charge in [0.05, 0.1) is 18.8 Å². The minimum absolute atomic E-state index is 0.0299. The molecule has 20 heavy (non-hydrogen) atoms. The minimum atomic E-state index is -0.818. The first-order valence-electron chi connectivity index (χ1n) is 6.46. The number of amides is 1. The molecular weight excluding hydrogens is 268 g/mol. The molecule has 0 aromatic heterocycles. The van der Waals surface area contributed by atoms with Crippen molar-refractivity contribution in [2.45, 2.75) is 26.0 Å². The molecule has 0 saturated carbocycles. The van der Waals surface area contributed by atoms with Crippen LogP contribution in [0.1, 0.15) is 13.8 Å². The molecule has 1 aliphatic rings. The van der Waals surface area contributed by atoms with Crippen LogP contribution in [0.25, 0.3) is 0 Å². The van der Waals surface area contributed by atoms with E-state index in [0.717, 1.165) is 12.1 Å². The molecule has 1 aromatic carbocycles. The third-order valence-corrected chi connectivity index (χ3v) is 3.17. The molecule has 1 aliphatic heterocycles. The molecule has 1 saturated heterocycles. The molecule has 1 heterocycles. The van der Waals surface area contributed by atoms with Crippen LogP contribution >= 0.6 is 0 Å². The number of ether oxygens (including phenoxy) is 2. The summed E-state index contributed by atoms with van der Waals surface area (Å²) >= 11 is 0. The highest BCUT2D eigenvalue weighted by Crippen LogP contribution is 2.18. The van der Waals surface area contributed by atoms with E-state index in [9.17, 15) is 13.6 Å². The molecule has 1 aromatic rings. The Morgan fingerprint density at radius 2 is 2.20 bits per heavy atom. The van der Waals surface area contributed by atoms with Crippen LogP contribution < -0.4 is 4.74 Å². The van der Waals surface area contributed by atoms with Crippen LogP contribution in [0.5, 0.6) is 5.75 Å². The summed E-state index contributed by atoms with van der Waals surface area (Å²) in [5.41, 5.74) is 0.